The zero-order chi connectivity index (χ0) is 24.4. The van der Waals surface area contributed by atoms with Crippen molar-refractivity contribution in [2.75, 3.05) is 22.1 Å². The maximum atomic E-state index is 13.1. The van der Waals surface area contributed by atoms with Crippen molar-refractivity contribution >= 4 is 40.1 Å². The average Bonchev–Trinajstić information content (AvgIpc) is 3.25. The van der Waals surface area contributed by atoms with Crippen LogP contribution in [0.3, 0.4) is 0 Å². The molecule has 0 saturated carbocycles. The third kappa shape index (κ3) is 4.69. The maximum Gasteiger partial charge on any atom is 0.278 e. The van der Waals surface area contributed by atoms with Crippen LogP contribution in [0.5, 0.6) is 0 Å². The maximum absolute atomic E-state index is 13.1. The Morgan fingerprint density at radius 2 is 1.74 bits per heavy atom. The molecule has 2 aromatic carbocycles. The molecule has 7 N–H and O–H groups in total. The highest BCUT2D eigenvalue weighted by atomic mass is 19.1. The number of aromatic nitrogens is 5. The van der Waals surface area contributed by atoms with E-state index < -0.39 is 11.7 Å². The molecule has 0 aliphatic carbocycles. The molecule has 0 bridgehead atoms. The lowest BCUT2D eigenvalue weighted by Crippen LogP contribution is -2.18. The summed E-state index contributed by atoms with van der Waals surface area (Å²) in [6.45, 7) is 0.391. The minimum absolute atomic E-state index is 0.0306. The first-order valence-corrected chi connectivity index (χ1v) is 10.6. The Hall–Kier alpha value is -5.06. The van der Waals surface area contributed by atoms with Crippen LogP contribution in [0, 0.1) is 5.82 Å². The molecule has 10 nitrogen and oxygen atoms in total. The van der Waals surface area contributed by atoms with Crippen LogP contribution >= 0.6 is 0 Å². The van der Waals surface area contributed by atoms with Crippen molar-refractivity contribution in [2.24, 2.45) is 0 Å². The summed E-state index contributed by atoms with van der Waals surface area (Å²) in [7, 11) is 0. The summed E-state index contributed by atoms with van der Waals surface area (Å²) in [6.07, 6.45) is 3.11. The molecular weight excluding hydrogens is 449 g/mol. The zero-order valence-corrected chi connectivity index (χ0v) is 18.3. The molecule has 35 heavy (non-hydrogen) atoms. The number of fused-ring (bicyclic) bond motifs is 1. The number of nitrogens with two attached hydrogens (primary N) is 2. The van der Waals surface area contributed by atoms with E-state index in [-0.39, 0.29) is 17.3 Å². The molecular formula is C24H20FN9O. The second kappa shape index (κ2) is 9.06. The summed E-state index contributed by atoms with van der Waals surface area (Å²) in [5.74, 6) is -0.0711. The standard InChI is InChI=1S/C24H20FN9O/c25-16-5-7-17(8-6-16)31-24(35)20-23(30-12-19(26)32-20)28-10-13-1-3-14(4-2-13)15-9-18-21(27)33-34-22(18)29-11-15/h1-9,11-12H,10H2,(H2,26,32)(H,28,30)(H,31,35)(H3,27,29,33,34). The molecule has 174 valence electrons. The van der Waals surface area contributed by atoms with Crippen molar-refractivity contribution in [3.8, 4) is 11.1 Å². The fourth-order valence-corrected chi connectivity index (χ4v) is 3.49. The van der Waals surface area contributed by atoms with Crippen LogP contribution in [0.25, 0.3) is 22.2 Å². The Kier molecular flexibility index (Phi) is 5.63. The summed E-state index contributed by atoms with van der Waals surface area (Å²) in [5.41, 5.74) is 15.5. The largest absolute Gasteiger partial charge is 0.384 e. The molecule has 0 radical (unpaired) electrons. The highest BCUT2D eigenvalue weighted by Crippen LogP contribution is 2.25. The molecule has 0 spiro atoms. The quantitative estimate of drug-likeness (QED) is 0.252. The van der Waals surface area contributed by atoms with E-state index in [2.05, 4.69) is 35.8 Å². The number of amides is 1. The van der Waals surface area contributed by atoms with Gasteiger partial charge in [0.2, 0.25) is 0 Å². The summed E-state index contributed by atoms with van der Waals surface area (Å²) >= 11 is 0. The van der Waals surface area contributed by atoms with E-state index in [1.165, 1.54) is 30.5 Å². The first kappa shape index (κ1) is 21.8. The molecule has 5 rings (SSSR count). The van der Waals surface area contributed by atoms with Crippen molar-refractivity contribution < 1.29 is 9.18 Å². The number of carbonyl (C=O) groups is 1. The van der Waals surface area contributed by atoms with Gasteiger partial charge in [-0.1, -0.05) is 24.3 Å². The predicted molar refractivity (Wildman–Crippen MR) is 132 cm³/mol. The summed E-state index contributed by atoms with van der Waals surface area (Å²) < 4.78 is 13.1. The lowest BCUT2D eigenvalue weighted by molar-refractivity contribution is 0.102. The monoisotopic (exact) mass is 469 g/mol. The van der Waals surface area contributed by atoms with E-state index in [9.17, 15) is 9.18 Å². The van der Waals surface area contributed by atoms with Crippen LogP contribution in [0.2, 0.25) is 0 Å². The molecule has 1 amide bonds. The van der Waals surface area contributed by atoms with Crippen molar-refractivity contribution in [3.63, 3.8) is 0 Å². The lowest BCUT2D eigenvalue weighted by atomic mass is 10.0. The van der Waals surface area contributed by atoms with Gasteiger partial charge in [0, 0.05) is 24.0 Å². The van der Waals surface area contributed by atoms with E-state index in [0.29, 0.717) is 23.7 Å². The summed E-state index contributed by atoms with van der Waals surface area (Å²) in [4.78, 5) is 25.4. The normalized spacial score (nSPS) is 10.9. The number of pyridine rings is 1. The number of H-pyrrole nitrogens is 1. The van der Waals surface area contributed by atoms with Crippen LogP contribution in [-0.2, 0) is 6.54 Å². The van der Waals surface area contributed by atoms with Gasteiger partial charge in [-0.3, -0.25) is 9.89 Å². The van der Waals surface area contributed by atoms with E-state index >= 15 is 0 Å². The van der Waals surface area contributed by atoms with E-state index in [1.807, 2.05) is 30.3 Å². The average molecular weight is 469 g/mol. The Morgan fingerprint density at radius 3 is 2.51 bits per heavy atom. The van der Waals surface area contributed by atoms with E-state index in [1.54, 1.807) is 6.20 Å². The van der Waals surface area contributed by atoms with Crippen molar-refractivity contribution in [1.29, 1.82) is 0 Å². The van der Waals surface area contributed by atoms with Gasteiger partial charge in [0.15, 0.2) is 17.2 Å². The SMILES string of the molecule is Nc1cnc(NCc2ccc(-c3cnc4n[nH]c(N)c4c3)cc2)c(C(=O)Nc2ccc(F)cc2)n1. The number of nitrogen functional groups attached to an aromatic ring is 2. The molecule has 0 saturated heterocycles. The molecule has 11 heteroatoms. The number of rotatable bonds is 6. The number of benzene rings is 2. The zero-order valence-electron chi connectivity index (χ0n) is 18.3. The number of aromatic amines is 1. The van der Waals surface area contributed by atoms with Crippen molar-refractivity contribution in [2.45, 2.75) is 6.54 Å². The van der Waals surface area contributed by atoms with E-state index in [0.717, 1.165) is 22.1 Å². The number of halogens is 1. The number of anilines is 4. The van der Waals surface area contributed by atoms with Gasteiger partial charge < -0.3 is 22.1 Å². The molecule has 0 unspecified atom stereocenters. The predicted octanol–water partition coefficient (Wildman–Crippen LogP) is 3.58. The minimum atomic E-state index is -0.518. The van der Waals surface area contributed by atoms with Crippen LogP contribution in [-0.4, -0.2) is 31.1 Å². The highest BCUT2D eigenvalue weighted by molar-refractivity contribution is 6.06. The summed E-state index contributed by atoms with van der Waals surface area (Å²) in [5, 5.41) is 13.3. The van der Waals surface area contributed by atoms with Gasteiger partial charge in [0.25, 0.3) is 5.91 Å². The fourth-order valence-electron chi connectivity index (χ4n) is 3.49. The van der Waals surface area contributed by atoms with Crippen LogP contribution in [0.15, 0.2) is 67.0 Å². The van der Waals surface area contributed by atoms with Gasteiger partial charge in [0.05, 0.1) is 11.6 Å². The van der Waals surface area contributed by atoms with Gasteiger partial charge in [-0.25, -0.2) is 19.3 Å². The first-order valence-electron chi connectivity index (χ1n) is 10.6. The fraction of sp³-hybridized carbons (Fsp3) is 0.0417. The smallest absolute Gasteiger partial charge is 0.278 e. The topological polar surface area (TPSA) is 161 Å². The number of nitrogens with one attached hydrogen (secondary N) is 3. The Morgan fingerprint density at radius 1 is 0.971 bits per heavy atom. The second-order valence-corrected chi connectivity index (χ2v) is 7.74. The number of hydrogen-bond acceptors (Lipinski definition) is 8. The molecule has 0 aliphatic heterocycles. The molecule has 5 aromatic rings. The van der Waals surface area contributed by atoms with Crippen LogP contribution in [0.1, 0.15) is 16.1 Å². The Balaban J connectivity index is 1.30. The first-order chi connectivity index (χ1) is 17.0. The molecule has 0 atom stereocenters. The molecule has 0 aliphatic rings. The van der Waals surface area contributed by atoms with Crippen LogP contribution in [0.4, 0.5) is 27.5 Å². The molecule has 3 heterocycles. The summed E-state index contributed by atoms with van der Waals surface area (Å²) in [6, 6.07) is 15.2. The number of carbonyl (C=O) groups excluding carboxylic acids is 1. The van der Waals surface area contributed by atoms with Crippen molar-refractivity contribution in [3.05, 3.63) is 84.1 Å². The minimum Gasteiger partial charge on any atom is -0.384 e. The molecule has 0 fully saturated rings. The number of nitrogens with zero attached hydrogens (tertiary/aromatic N) is 4. The van der Waals surface area contributed by atoms with Crippen LogP contribution < -0.4 is 22.1 Å². The van der Waals surface area contributed by atoms with Gasteiger partial charge in [-0.2, -0.15) is 5.10 Å². The van der Waals surface area contributed by atoms with Gasteiger partial charge in [-0.15, -0.1) is 0 Å². The number of hydrogen-bond donors (Lipinski definition) is 5. The Bertz CT molecular complexity index is 1520. The third-order valence-electron chi connectivity index (χ3n) is 5.29. The lowest BCUT2D eigenvalue weighted by Gasteiger charge is -2.12. The van der Waals surface area contributed by atoms with Gasteiger partial charge in [-0.05, 0) is 41.5 Å². The van der Waals surface area contributed by atoms with Gasteiger partial charge in [0.1, 0.15) is 17.5 Å². The Labute approximate surface area is 198 Å². The third-order valence-corrected chi connectivity index (χ3v) is 5.29. The van der Waals surface area contributed by atoms with Crippen molar-refractivity contribution in [1.82, 2.24) is 25.1 Å². The highest BCUT2D eigenvalue weighted by Gasteiger charge is 2.16. The molecule has 3 aromatic heterocycles. The van der Waals surface area contributed by atoms with Gasteiger partial charge >= 0.3 is 0 Å². The van der Waals surface area contributed by atoms with E-state index in [4.69, 9.17) is 11.5 Å². The second-order valence-electron chi connectivity index (χ2n) is 7.74.